The third-order valence-electron chi connectivity index (χ3n) is 5.61. The Kier molecular flexibility index (Phi) is 3.83. The van der Waals surface area contributed by atoms with Gasteiger partial charge < -0.3 is 20.6 Å². The van der Waals surface area contributed by atoms with E-state index in [0.29, 0.717) is 6.42 Å². The second kappa shape index (κ2) is 5.33. The van der Waals surface area contributed by atoms with Crippen molar-refractivity contribution in [3.05, 3.63) is 0 Å². The lowest BCUT2D eigenvalue weighted by Gasteiger charge is -2.54. The van der Waals surface area contributed by atoms with Crippen molar-refractivity contribution in [3.8, 4) is 0 Å². The van der Waals surface area contributed by atoms with E-state index >= 15 is 0 Å². The van der Waals surface area contributed by atoms with Gasteiger partial charge in [-0.3, -0.25) is 14.4 Å². The Labute approximate surface area is 141 Å². The zero-order valence-electron chi connectivity index (χ0n) is 13.7. The summed E-state index contributed by atoms with van der Waals surface area (Å²) < 4.78 is 39.8. The highest BCUT2D eigenvalue weighted by molar-refractivity contribution is 6.01. The van der Waals surface area contributed by atoms with E-state index < -0.39 is 47.0 Å². The number of hydrogen-bond donors (Lipinski definition) is 2. The van der Waals surface area contributed by atoms with E-state index in [1.54, 1.807) is 0 Å². The molecule has 2 unspecified atom stereocenters. The van der Waals surface area contributed by atoms with E-state index in [4.69, 9.17) is 5.73 Å². The van der Waals surface area contributed by atoms with Crippen LogP contribution in [0.1, 0.15) is 32.6 Å². The largest absolute Gasteiger partial charge is 0.403 e. The van der Waals surface area contributed by atoms with E-state index in [9.17, 15) is 32.7 Å². The third-order valence-corrected chi connectivity index (χ3v) is 5.61. The molecule has 25 heavy (non-hydrogen) atoms. The standard InChI is InChI=1S/C15H20F3N3O4/c1-8(22)9(10(19)23)20-7-14(12(20)25)3-2-6-21(14)11(24)13(4-5-13)15(16,17)18/h8-9,22H,2-7H2,1H3,(H2,19,23)/t8?,9?,14-/m1/s1. The fourth-order valence-corrected chi connectivity index (χ4v) is 4.04. The van der Waals surface area contributed by atoms with Gasteiger partial charge in [0.1, 0.15) is 17.0 Å². The molecule has 3 atom stereocenters. The van der Waals surface area contributed by atoms with Crippen LogP contribution >= 0.6 is 0 Å². The number of hydrogen-bond acceptors (Lipinski definition) is 4. The van der Waals surface area contributed by atoms with Crippen LogP contribution in [0.2, 0.25) is 0 Å². The van der Waals surface area contributed by atoms with Gasteiger partial charge >= 0.3 is 6.18 Å². The molecule has 0 bridgehead atoms. The first-order valence-electron chi connectivity index (χ1n) is 8.15. The Balaban J connectivity index is 1.83. The fraction of sp³-hybridized carbons (Fsp3) is 0.800. The van der Waals surface area contributed by atoms with Gasteiger partial charge in [-0.2, -0.15) is 13.2 Å². The van der Waals surface area contributed by atoms with Gasteiger partial charge in [-0.25, -0.2) is 0 Å². The summed E-state index contributed by atoms with van der Waals surface area (Å²) in [5.74, 6) is -2.58. The van der Waals surface area contributed by atoms with Crippen molar-refractivity contribution in [3.63, 3.8) is 0 Å². The number of nitrogens with zero attached hydrogens (tertiary/aromatic N) is 2. The normalized spacial score (nSPS) is 30.2. The first kappa shape index (κ1) is 18.0. The molecule has 0 radical (unpaired) electrons. The Morgan fingerprint density at radius 3 is 2.28 bits per heavy atom. The van der Waals surface area contributed by atoms with E-state index in [2.05, 4.69) is 0 Å². The summed E-state index contributed by atoms with van der Waals surface area (Å²) in [5.41, 5.74) is 1.48. The molecule has 1 spiro atoms. The van der Waals surface area contributed by atoms with Gasteiger partial charge in [0.2, 0.25) is 11.8 Å². The quantitative estimate of drug-likeness (QED) is 0.673. The van der Waals surface area contributed by atoms with Gasteiger partial charge in [0.15, 0.2) is 0 Å². The van der Waals surface area contributed by atoms with Crippen molar-refractivity contribution in [2.45, 2.75) is 56.5 Å². The molecular weight excluding hydrogens is 343 g/mol. The molecular formula is C15H20F3N3O4. The average molecular weight is 363 g/mol. The third kappa shape index (κ3) is 2.33. The van der Waals surface area contributed by atoms with Gasteiger partial charge in [-0.1, -0.05) is 0 Å². The van der Waals surface area contributed by atoms with Crippen LogP contribution < -0.4 is 5.73 Å². The number of aliphatic hydroxyl groups is 1. The summed E-state index contributed by atoms with van der Waals surface area (Å²) in [6.07, 6.45) is -5.73. The molecule has 0 aromatic rings. The van der Waals surface area contributed by atoms with Crippen LogP contribution in [-0.2, 0) is 14.4 Å². The number of aliphatic hydroxyl groups excluding tert-OH is 1. The maximum atomic E-state index is 13.3. The Morgan fingerprint density at radius 2 is 1.88 bits per heavy atom. The van der Waals surface area contributed by atoms with Crippen molar-refractivity contribution in [1.29, 1.82) is 0 Å². The molecule has 3 fully saturated rings. The van der Waals surface area contributed by atoms with E-state index in [-0.39, 0.29) is 32.4 Å². The van der Waals surface area contributed by atoms with Crippen molar-refractivity contribution in [2.75, 3.05) is 13.1 Å². The van der Waals surface area contributed by atoms with Gasteiger partial charge in [0.25, 0.3) is 5.91 Å². The predicted octanol–water partition coefficient (Wildman–Crippen LogP) is -0.233. The number of likely N-dealkylation sites (tertiary alicyclic amines) is 2. The smallest absolute Gasteiger partial charge is 0.391 e. The van der Waals surface area contributed by atoms with Crippen molar-refractivity contribution < 1.29 is 32.7 Å². The van der Waals surface area contributed by atoms with Crippen LogP contribution in [-0.4, -0.2) is 69.6 Å². The molecule has 10 heteroatoms. The second-order valence-corrected chi connectivity index (χ2v) is 7.19. The number of rotatable bonds is 4. The Morgan fingerprint density at radius 1 is 1.28 bits per heavy atom. The van der Waals surface area contributed by atoms with E-state index in [1.165, 1.54) is 6.92 Å². The van der Waals surface area contributed by atoms with E-state index in [0.717, 1.165) is 9.80 Å². The molecule has 2 heterocycles. The molecule has 140 valence electrons. The molecule has 3 amide bonds. The maximum absolute atomic E-state index is 13.3. The first-order valence-corrected chi connectivity index (χ1v) is 8.15. The maximum Gasteiger partial charge on any atom is 0.403 e. The van der Waals surface area contributed by atoms with Crippen molar-refractivity contribution in [1.82, 2.24) is 9.80 Å². The van der Waals surface area contributed by atoms with Gasteiger partial charge in [-0.15, -0.1) is 0 Å². The van der Waals surface area contributed by atoms with Crippen LogP contribution in [0.25, 0.3) is 0 Å². The summed E-state index contributed by atoms with van der Waals surface area (Å²) in [5, 5.41) is 9.66. The zero-order valence-corrected chi connectivity index (χ0v) is 13.7. The molecule has 3 N–H and O–H groups in total. The number of nitrogens with two attached hydrogens (primary N) is 1. The molecule has 3 rings (SSSR count). The average Bonchev–Trinajstić information content (AvgIpc) is 3.20. The Bertz CT molecular complexity index is 632. The van der Waals surface area contributed by atoms with Gasteiger partial charge in [0.05, 0.1) is 12.6 Å². The number of carbonyl (C=O) groups excluding carboxylic acids is 3. The molecule has 0 aromatic carbocycles. The van der Waals surface area contributed by atoms with Gasteiger partial charge in [0, 0.05) is 6.54 Å². The molecule has 3 aliphatic rings. The first-order chi connectivity index (χ1) is 11.5. The predicted molar refractivity (Wildman–Crippen MR) is 77.8 cm³/mol. The highest BCUT2D eigenvalue weighted by atomic mass is 19.4. The number of alkyl halides is 3. The molecule has 2 saturated heterocycles. The summed E-state index contributed by atoms with van der Waals surface area (Å²) in [4.78, 5) is 38.8. The lowest BCUT2D eigenvalue weighted by Crippen LogP contribution is -2.77. The molecule has 1 aliphatic carbocycles. The number of amides is 3. The van der Waals surface area contributed by atoms with Crippen LogP contribution in [0.15, 0.2) is 0 Å². The summed E-state index contributed by atoms with van der Waals surface area (Å²) >= 11 is 0. The topological polar surface area (TPSA) is 104 Å². The van der Waals surface area contributed by atoms with Crippen LogP contribution in [0.5, 0.6) is 0 Å². The fourth-order valence-electron chi connectivity index (χ4n) is 4.04. The number of primary amides is 1. The minimum Gasteiger partial charge on any atom is -0.391 e. The minimum absolute atomic E-state index is 0.0756. The second-order valence-electron chi connectivity index (χ2n) is 7.19. The zero-order chi connectivity index (χ0) is 18.8. The molecule has 2 aliphatic heterocycles. The number of carbonyl (C=O) groups is 3. The monoisotopic (exact) mass is 363 g/mol. The highest BCUT2D eigenvalue weighted by Gasteiger charge is 2.73. The van der Waals surface area contributed by atoms with Gasteiger partial charge in [-0.05, 0) is 32.6 Å². The summed E-state index contributed by atoms with van der Waals surface area (Å²) in [7, 11) is 0. The Hall–Kier alpha value is -1.84. The summed E-state index contributed by atoms with van der Waals surface area (Å²) in [6.45, 7) is 1.28. The number of β-lactam (4-membered cyclic amide) rings is 1. The van der Waals surface area contributed by atoms with Crippen LogP contribution in [0.3, 0.4) is 0 Å². The SMILES string of the molecule is CC(O)C(C(N)=O)N1C[C@]2(CCCN2C(=O)C2(C(F)(F)F)CC2)C1=O. The summed E-state index contributed by atoms with van der Waals surface area (Å²) in [6, 6.07) is -1.26. The van der Waals surface area contributed by atoms with Crippen LogP contribution in [0.4, 0.5) is 13.2 Å². The number of halogens is 3. The molecule has 0 aromatic heterocycles. The minimum atomic E-state index is -4.64. The van der Waals surface area contributed by atoms with Crippen molar-refractivity contribution >= 4 is 17.7 Å². The van der Waals surface area contributed by atoms with E-state index in [1.807, 2.05) is 0 Å². The highest BCUT2D eigenvalue weighted by Crippen LogP contribution is 2.60. The molecule has 1 saturated carbocycles. The van der Waals surface area contributed by atoms with Crippen LogP contribution in [0, 0.1) is 5.41 Å². The molecule has 7 nitrogen and oxygen atoms in total. The van der Waals surface area contributed by atoms with Crippen molar-refractivity contribution in [2.24, 2.45) is 11.1 Å². The lowest BCUT2D eigenvalue weighted by molar-refractivity contribution is -0.206. The lowest BCUT2D eigenvalue weighted by atomic mass is 9.82.